The maximum absolute atomic E-state index is 13.3. The van der Waals surface area contributed by atoms with Gasteiger partial charge in [0, 0.05) is 57.3 Å². The molecule has 1 saturated heterocycles. The van der Waals surface area contributed by atoms with E-state index in [1.165, 1.54) is 4.88 Å². The molecule has 1 aromatic carbocycles. The van der Waals surface area contributed by atoms with Gasteiger partial charge in [-0.1, -0.05) is 38.4 Å². The molecular formula is C31H38ClN3O3S. The second-order valence-corrected chi connectivity index (χ2v) is 13.9. The van der Waals surface area contributed by atoms with Crippen LogP contribution in [0.1, 0.15) is 75.3 Å². The molecule has 0 bridgehead atoms. The average molecular weight is 568 g/mol. The van der Waals surface area contributed by atoms with E-state index in [1.54, 1.807) is 22.3 Å². The molecule has 1 aliphatic heterocycles. The lowest BCUT2D eigenvalue weighted by Gasteiger charge is -2.33. The van der Waals surface area contributed by atoms with Crippen LogP contribution in [0.15, 0.2) is 42.6 Å². The van der Waals surface area contributed by atoms with Crippen molar-refractivity contribution < 1.29 is 14.3 Å². The fourth-order valence-electron chi connectivity index (χ4n) is 4.69. The van der Waals surface area contributed by atoms with Crippen LogP contribution in [0.25, 0.3) is 21.6 Å². The van der Waals surface area contributed by atoms with Crippen LogP contribution >= 0.6 is 22.9 Å². The van der Waals surface area contributed by atoms with Gasteiger partial charge in [0.1, 0.15) is 5.60 Å². The summed E-state index contributed by atoms with van der Waals surface area (Å²) in [4.78, 5) is 34.1. The molecule has 4 rings (SSSR count). The molecule has 3 aromatic rings. The molecule has 0 saturated carbocycles. The van der Waals surface area contributed by atoms with E-state index in [2.05, 4.69) is 50.1 Å². The number of alkyl carbamates (subject to hydrolysis) is 1. The van der Waals surface area contributed by atoms with Crippen molar-refractivity contribution in [1.29, 1.82) is 0 Å². The predicted octanol–water partition coefficient (Wildman–Crippen LogP) is 7.87. The molecule has 1 aliphatic rings. The van der Waals surface area contributed by atoms with Crippen molar-refractivity contribution in [3.8, 4) is 21.6 Å². The number of rotatable bonds is 4. The van der Waals surface area contributed by atoms with Crippen molar-refractivity contribution in [2.45, 2.75) is 78.4 Å². The topological polar surface area (TPSA) is 71.5 Å². The van der Waals surface area contributed by atoms with Gasteiger partial charge in [-0.3, -0.25) is 9.78 Å². The van der Waals surface area contributed by atoms with E-state index in [0.717, 1.165) is 40.1 Å². The number of benzene rings is 1. The third-order valence-corrected chi connectivity index (χ3v) is 8.06. The highest BCUT2D eigenvalue weighted by Crippen LogP contribution is 2.40. The first kappa shape index (κ1) is 29.1. The Morgan fingerprint density at radius 2 is 1.82 bits per heavy atom. The fourth-order valence-corrected chi connectivity index (χ4v) is 6.11. The van der Waals surface area contributed by atoms with Crippen molar-refractivity contribution >= 4 is 34.9 Å². The SMILES string of the molecule is Cc1sc(-c2ccc(C(=O)N3CCCC(NC(=O)OC(C)(C)C)C3)cc2Cl)cc1-c1ccnc(C(C)(C)C)c1. The quantitative estimate of drug-likeness (QED) is 0.348. The second kappa shape index (κ2) is 11.3. The summed E-state index contributed by atoms with van der Waals surface area (Å²) < 4.78 is 5.38. The number of carbonyl (C=O) groups is 2. The summed E-state index contributed by atoms with van der Waals surface area (Å²) in [7, 11) is 0. The second-order valence-electron chi connectivity index (χ2n) is 12.2. The molecule has 0 radical (unpaired) electrons. The smallest absolute Gasteiger partial charge is 0.407 e. The molecule has 0 aliphatic carbocycles. The Morgan fingerprint density at radius 1 is 1.08 bits per heavy atom. The summed E-state index contributed by atoms with van der Waals surface area (Å²) in [5, 5.41) is 3.44. The van der Waals surface area contributed by atoms with Gasteiger partial charge in [-0.2, -0.15) is 0 Å². The first-order valence-electron chi connectivity index (χ1n) is 13.4. The number of hydrogen-bond acceptors (Lipinski definition) is 5. The van der Waals surface area contributed by atoms with Gasteiger partial charge < -0.3 is 15.0 Å². The number of halogens is 1. The van der Waals surface area contributed by atoms with Crippen molar-refractivity contribution in [3.05, 3.63) is 63.8 Å². The van der Waals surface area contributed by atoms with Crippen LogP contribution in [-0.4, -0.2) is 46.6 Å². The molecular weight excluding hydrogens is 530 g/mol. The highest BCUT2D eigenvalue weighted by molar-refractivity contribution is 7.16. The Kier molecular flexibility index (Phi) is 8.43. The zero-order chi connectivity index (χ0) is 28.5. The van der Waals surface area contributed by atoms with Crippen LogP contribution in [0, 0.1) is 6.92 Å². The summed E-state index contributed by atoms with van der Waals surface area (Å²) in [6, 6.07) is 11.7. The van der Waals surface area contributed by atoms with E-state index in [9.17, 15) is 9.59 Å². The third kappa shape index (κ3) is 7.20. The summed E-state index contributed by atoms with van der Waals surface area (Å²) in [6.07, 6.45) is 3.02. The Balaban J connectivity index is 1.50. The maximum Gasteiger partial charge on any atom is 0.407 e. The number of likely N-dealkylation sites (tertiary alicyclic amines) is 1. The van der Waals surface area contributed by atoms with Gasteiger partial charge in [-0.25, -0.2) is 4.79 Å². The van der Waals surface area contributed by atoms with E-state index in [-0.39, 0.29) is 17.4 Å². The summed E-state index contributed by atoms with van der Waals surface area (Å²) in [5.41, 5.74) is 4.19. The van der Waals surface area contributed by atoms with Gasteiger partial charge in [0.25, 0.3) is 5.91 Å². The Labute approximate surface area is 240 Å². The number of aromatic nitrogens is 1. The zero-order valence-electron chi connectivity index (χ0n) is 23.9. The van der Waals surface area contributed by atoms with Crippen molar-refractivity contribution in [2.24, 2.45) is 0 Å². The molecule has 6 nitrogen and oxygen atoms in total. The predicted molar refractivity (Wildman–Crippen MR) is 160 cm³/mol. The lowest BCUT2D eigenvalue weighted by molar-refractivity contribution is 0.0452. The van der Waals surface area contributed by atoms with Crippen LogP contribution in [0.4, 0.5) is 4.79 Å². The van der Waals surface area contributed by atoms with Crippen molar-refractivity contribution in [3.63, 3.8) is 0 Å². The van der Waals surface area contributed by atoms with Crippen molar-refractivity contribution in [1.82, 2.24) is 15.2 Å². The van der Waals surface area contributed by atoms with Gasteiger partial charge in [-0.15, -0.1) is 11.3 Å². The van der Waals surface area contributed by atoms with Crippen LogP contribution in [0.2, 0.25) is 5.02 Å². The van der Waals surface area contributed by atoms with E-state index < -0.39 is 11.7 Å². The summed E-state index contributed by atoms with van der Waals surface area (Å²) >= 11 is 8.44. The largest absolute Gasteiger partial charge is 0.444 e. The highest BCUT2D eigenvalue weighted by atomic mass is 35.5. The molecule has 1 fully saturated rings. The molecule has 8 heteroatoms. The van der Waals surface area contributed by atoms with Gasteiger partial charge in [0.05, 0.1) is 5.02 Å². The van der Waals surface area contributed by atoms with E-state index in [4.69, 9.17) is 16.3 Å². The minimum Gasteiger partial charge on any atom is -0.444 e. The molecule has 2 aromatic heterocycles. The first-order valence-corrected chi connectivity index (χ1v) is 14.6. The Bertz CT molecular complexity index is 1370. The molecule has 0 spiro atoms. The monoisotopic (exact) mass is 567 g/mol. The number of nitrogens with one attached hydrogen (secondary N) is 1. The Hall–Kier alpha value is -2.90. The number of pyridine rings is 1. The van der Waals surface area contributed by atoms with Gasteiger partial charge in [0.2, 0.25) is 0 Å². The van der Waals surface area contributed by atoms with Crippen molar-refractivity contribution in [2.75, 3.05) is 13.1 Å². The standard InChI is InChI=1S/C31H38ClN3O3S/c1-19-24(20-12-13-33-27(16-20)30(2,3)4)17-26(39-19)23-11-10-21(15-25(23)32)28(36)35-14-8-9-22(18-35)34-29(37)38-31(5,6)7/h10-13,15-17,22H,8-9,14,18H2,1-7H3,(H,34,37). The lowest BCUT2D eigenvalue weighted by atomic mass is 9.90. The normalized spacial score (nSPS) is 16.2. The van der Waals surface area contributed by atoms with Gasteiger partial charge in [-0.05, 0) is 82.0 Å². The number of thiophene rings is 1. The molecule has 1 unspecified atom stereocenters. The average Bonchev–Trinajstić information content (AvgIpc) is 3.23. The number of carbonyl (C=O) groups excluding carboxylic acids is 2. The van der Waals surface area contributed by atoms with E-state index in [0.29, 0.717) is 23.7 Å². The summed E-state index contributed by atoms with van der Waals surface area (Å²) in [6.45, 7) is 15.2. The number of nitrogens with zero attached hydrogens (tertiary/aromatic N) is 2. The van der Waals surface area contributed by atoms with E-state index in [1.807, 2.05) is 45.2 Å². The number of ether oxygens (including phenoxy) is 1. The fraction of sp³-hybridized carbons (Fsp3) is 0.452. The molecule has 208 valence electrons. The maximum atomic E-state index is 13.3. The number of amides is 2. The van der Waals surface area contributed by atoms with Crippen LogP contribution in [0.3, 0.4) is 0 Å². The van der Waals surface area contributed by atoms with E-state index >= 15 is 0 Å². The van der Waals surface area contributed by atoms with Gasteiger partial charge in [0.15, 0.2) is 0 Å². The zero-order valence-corrected chi connectivity index (χ0v) is 25.4. The van der Waals surface area contributed by atoms with Gasteiger partial charge >= 0.3 is 6.09 Å². The molecule has 39 heavy (non-hydrogen) atoms. The molecule has 3 heterocycles. The molecule has 1 atom stereocenters. The molecule has 2 amide bonds. The minimum atomic E-state index is -0.567. The van der Waals surface area contributed by atoms with Crippen LogP contribution in [0.5, 0.6) is 0 Å². The number of aryl methyl sites for hydroxylation is 1. The number of piperidine rings is 1. The minimum absolute atomic E-state index is 0.0331. The molecule has 1 N–H and O–H groups in total. The van der Waals surface area contributed by atoms with Crippen LogP contribution in [-0.2, 0) is 10.2 Å². The third-order valence-electron chi connectivity index (χ3n) is 6.67. The van der Waals surface area contributed by atoms with Crippen LogP contribution < -0.4 is 5.32 Å². The Morgan fingerprint density at radius 3 is 2.49 bits per heavy atom. The number of hydrogen-bond donors (Lipinski definition) is 1. The lowest BCUT2D eigenvalue weighted by Crippen LogP contribution is -2.50. The highest BCUT2D eigenvalue weighted by Gasteiger charge is 2.28. The first-order chi connectivity index (χ1) is 18.2. The summed E-state index contributed by atoms with van der Waals surface area (Å²) in [5.74, 6) is -0.0892.